The molecule has 2 aromatic rings. The zero-order valence-electron chi connectivity index (χ0n) is 21.2. The average Bonchev–Trinajstić information content (AvgIpc) is 3.34. The molecule has 1 aromatic carbocycles. The minimum Gasteiger partial charge on any atom is -0.330 e. The van der Waals surface area contributed by atoms with E-state index in [9.17, 15) is 9.59 Å². The monoisotopic (exact) mass is 527 g/mol. The van der Waals surface area contributed by atoms with Crippen LogP contribution in [0.25, 0.3) is 5.69 Å². The molecular weight excluding hydrogens is 490 g/mol. The molecule has 200 valence electrons. The Kier molecular flexibility index (Phi) is 7.33. The average molecular weight is 528 g/mol. The van der Waals surface area contributed by atoms with Crippen molar-refractivity contribution in [2.75, 3.05) is 44.6 Å². The third-order valence-corrected chi connectivity index (χ3v) is 9.19. The van der Waals surface area contributed by atoms with Crippen molar-refractivity contribution in [2.24, 2.45) is 34.6 Å². The SMILES string of the molecule is Cl.NCC1C2CN(CCc3ccc(-n4ccc(NC(=O)N5CCC6(CC5)CC(N)C6)nc4=O)cc3)CC12. The normalized spacial score (nSPS) is 26.3. The number of amides is 2. The second kappa shape index (κ2) is 10.4. The lowest BCUT2D eigenvalue weighted by atomic mass is 9.61. The lowest BCUT2D eigenvalue weighted by Gasteiger charge is -2.51. The number of hydrogen-bond donors (Lipinski definition) is 3. The summed E-state index contributed by atoms with van der Waals surface area (Å²) >= 11 is 0. The topological polar surface area (TPSA) is 123 Å². The fourth-order valence-corrected chi connectivity index (χ4v) is 6.88. The van der Waals surface area contributed by atoms with Crippen LogP contribution in [0.1, 0.15) is 31.2 Å². The summed E-state index contributed by atoms with van der Waals surface area (Å²) in [7, 11) is 0. The van der Waals surface area contributed by atoms with Crippen LogP contribution in [-0.2, 0) is 6.42 Å². The highest BCUT2D eigenvalue weighted by molar-refractivity contribution is 5.88. The van der Waals surface area contributed by atoms with Crippen molar-refractivity contribution >= 4 is 24.3 Å². The Morgan fingerprint density at radius 3 is 2.35 bits per heavy atom. The van der Waals surface area contributed by atoms with Crippen LogP contribution in [0, 0.1) is 23.2 Å². The van der Waals surface area contributed by atoms with Gasteiger partial charge < -0.3 is 21.3 Å². The summed E-state index contributed by atoms with van der Waals surface area (Å²) in [6.07, 6.45) is 6.79. The van der Waals surface area contributed by atoms with Crippen LogP contribution < -0.4 is 22.5 Å². The molecule has 2 aliphatic heterocycles. The summed E-state index contributed by atoms with van der Waals surface area (Å²) < 4.78 is 1.50. The van der Waals surface area contributed by atoms with Crippen molar-refractivity contribution < 1.29 is 4.79 Å². The summed E-state index contributed by atoms with van der Waals surface area (Å²) in [5.74, 6) is 2.69. The first-order valence-corrected chi connectivity index (χ1v) is 13.4. The predicted octanol–water partition coefficient (Wildman–Crippen LogP) is 2.07. The molecule has 0 radical (unpaired) electrons. The van der Waals surface area contributed by atoms with Gasteiger partial charge in [-0.05, 0) is 85.6 Å². The Morgan fingerprint density at radius 1 is 1.08 bits per heavy atom. The Balaban J connectivity index is 0.00000280. The van der Waals surface area contributed by atoms with E-state index >= 15 is 0 Å². The number of fused-ring (bicyclic) bond motifs is 1. The quantitative estimate of drug-likeness (QED) is 0.528. The second-order valence-corrected chi connectivity index (χ2v) is 11.5. The molecule has 6 rings (SSSR count). The molecule has 5 N–H and O–H groups in total. The molecule has 37 heavy (non-hydrogen) atoms. The number of hydrogen-bond acceptors (Lipinski definition) is 6. The highest BCUT2D eigenvalue weighted by Crippen LogP contribution is 2.51. The number of carbonyl (C=O) groups excluding carboxylic acids is 1. The van der Waals surface area contributed by atoms with E-state index in [-0.39, 0.29) is 24.3 Å². The lowest BCUT2D eigenvalue weighted by Crippen LogP contribution is -2.53. The highest BCUT2D eigenvalue weighted by Gasteiger charge is 2.54. The van der Waals surface area contributed by atoms with Crippen molar-refractivity contribution in [3.63, 3.8) is 0 Å². The van der Waals surface area contributed by atoms with Crippen LogP contribution >= 0.6 is 12.4 Å². The van der Waals surface area contributed by atoms with Gasteiger partial charge in [0, 0.05) is 45.0 Å². The van der Waals surface area contributed by atoms with E-state index in [1.807, 2.05) is 17.0 Å². The van der Waals surface area contributed by atoms with Crippen LogP contribution in [0.2, 0.25) is 0 Å². The van der Waals surface area contributed by atoms with Crippen molar-refractivity contribution in [1.29, 1.82) is 0 Å². The van der Waals surface area contributed by atoms with Gasteiger partial charge in [0.1, 0.15) is 5.82 Å². The minimum absolute atomic E-state index is 0. The Bertz CT molecular complexity index is 1160. The maximum atomic E-state index is 12.7. The number of anilines is 1. The number of nitrogens with two attached hydrogens (primary N) is 2. The van der Waals surface area contributed by atoms with E-state index in [1.54, 1.807) is 12.3 Å². The van der Waals surface area contributed by atoms with E-state index < -0.39 is 5.69 Å². The van der Waals surface area contributed by atoms with Gasteiger partial charge in [0.05, 0.1) is 5.69 Å². The van der Waals surface area contributed by atoms with Gasteiger partial charge in [0.25, 0.3) is 0 Å². The number of carbonyl (C=O) groups is 1. The van der Waals surface area contributed by atoms with Crippen molar-refractivity contribution in [1.82, 2.24) is 19.4 Å². The lowest BCUT2D eigenvalue weighted by molar-refractivity contribution is 0.0317. The molecule has 0 bridgehead atoms. The summed E-state index contributed by atoms with van der Waals surface area (Å²) in [6, 6.07) is 9.87. The smallest absolute Gasteiger partial charge is 0.330 e. The molecule has 2 saturated heterocycles. The molecule has 4 aliphatic rings. The second-order valence-electron chi connectivity index (χ2n) is 11.5. The number of halogens is 1. The van der Waals surface area contributed by atoms with E-state index in [1.165, 1.54) is 23.2 Å². The number of urea groups is 1. The van der Waals surface area contributed by atoms with Gasteiger partial charge >= 0.3 is 11.7 Å². The number of nitrogens with zero attached hydrogens (tertiary/aromatic N) is 4. The fourth-order valence-electron chi connectivity index (χ4n) is 6.88. The first-order chi connectivity index (χ1) is 17.4. The summed E-state index contributed by atoms with van der Waals surface area (Å²) in [6.45, 7) is 5.69. The predicted molar refractivity (Wildman–Crippen MR) is 146 cm³/mol. The molecule has 10 heteroatoms. The van der Waals surface area contributed by atoms with Crippen LogP contribution in [-0.4, -0.2) is 70.7 Å². The minimum atomic E-state index is -0.410. The van der Waals surface area contributed by atoms with Gasteiger partial charge in [-0.2, -0.15) is 4.98 Å². The van der Waals surface area contributed by atoms with E-state index in [2.05, 4.69) is 27.3 Å². The molecule has 1 spiro atoms. The van der Waals surface area contributed by atoms with Crippen LogP contribution in [0.4, 0.5) is 10.6 Å². The number of likely N-dealkylation sites (tertiary alicyclic amines) is 2. The van der Waals surface area contributed by atoms with Gasteiger partial charge in [-0.25, -0.2) is 9.59 Å². The molecular formula is C27H38ClN7O2. The molecule has 2 atom stereocenters. The molecule has 2 amide bonds. The van der Waals surface area contributed by atoms with Gasteiger partial charge in [-0.15, -0.1) is 12.4 Å². The Labute approximate surface area is 224 Å². The third-order valence-electron chi connectivity index (χ3n) is 9.19. The van der Waals surface area contributed by atoms with Gasteiger partial charge in [0.15, 0.2) is 0 Å². The largest absolute Gasteiger partial charge is 0.354 e. The zero-order valence-corrected chi connectivity index (χ0v) is 22.0. The molecule has 3 heterocycles. The number of rotatable bonds is 6. The van der Waals surface area contributed by atoms with Gasteiger partial charge in [-0.3, -0.25) is 9.88 Å². The maximum absolute atomic E-state index is 12.7. The fraction of sp³-hybridized carbons (Fsp3) is 0.593. The summed E-state index contributed by atoms with van der Waals surface area (Å²) in [4.78, 5) is 33.8. The Hall–Kier alpha value is -2.46. The molecule has 1 aromatic heterocycles. The zero-order chi connectivity index (χ0) is 24.9. The van der Waals surface area contributed by atoms with Crippen LogP contribution in [0.5, 0.6) is 0 Å². The first-order valence-electron chi connectivity index (χ1n) is 13.4. The summed E-state index contributed by atoms with van der Waals surface area (Å²) in [5, 5.41) is 2.79. The van der Waals surface area contributed by atoms with Crippen molar-refractivity contribution in [3.05, 3.63) is 52.6 Å². The summed E-state index contributed by atoms with van der Waals surface area (Å²) in [5.41, 5.74) is 13.7. The molecule has 2 unspecified atom stereocenters. The maximum Gasteiger partial charge on any atom is 0.354 e. The number of aromatic nitrogens is 2. The van der Waals surface area contributed by atoms with Crippen molar-refractivity contribution in [2.45, 2.75) is 38.1 Å². The van der Waals surface area contributed by atoms with E-state index in [0.717, 1.165) is 81.7 Å². The first kappa shape index (κ1) is 26.2. The van der Waals surface area contributed by atoms with Crippen molar-refractivity contribution in [3.8, 4) is 5.69 Å². The third kappa shape index (κ3) is 5.27. The van der Waals surface area contributed by atoms with Crippen LogP contribution in [0.3, 0.4) is 0 Å². The molecule has 2 aliphatic carbocycles. The van der Waals surface area contributed by atoms with E-state index in [0.29, 0.717) is 11.5 Å². The number of benzene rings is 1. The van der Waals surface area contributed by atoms with Crippen LogP contribution in [0.15, 0.2) is 41.3 Å². The number of piperidine rings is 2. The Morgan fingerprint density at radius 2 is 1.76 bits per heavy atom. The highest BCUT2D eigenvalue weighted by atomic mass is 35.5. The van der Waals surface area contributed by atoms with E-state index in [4.69, 9.17) is 11.5 Å². The van der Waals surface area contributed by atoms with Gasteiger partial charge in [-0.1, -0.05) is 12.1 Å². The molecule has 9 nitrogen and oxygen atoms in total. The molecule has 2 saturated carbocycles. The standard InChI is InChI=1S/C27H37N7O2.ClH/c28-15-21-22-16-32(17-23(21)22)9-5-18-1-3-20(4-2-18)34-10-6-24(31-26(34)36)30-25(35)33-11-7-27(8-12-33)13-19(29)14-27;/h1-4,6,10,19,21-23H,5,7-9,11-17,28-29H2,(H,30,31,35,36);1H. The van der Waals surface area contributed by atoms with Gasteiger partial charge in [0.2, 0.25) is 0 Å². The number of nitrogens with one attached hydrogen (secondary N) is 1. The molecule has 4 fully saturated rings.